The third-order valence-electron chi connectivity index (χ3n) is 3.32. The number of aryl methyl sites for hydroxylation is 1. The number of hydrogen-bond donors (Lipinski definition) is 1. The molecular weight excluding hydrogens is 286 g/mol. The van der Waals surface area contributed by atoms with Crippen LogP contribution in [-0.2, 0) is 20.3 Å². The first-order chi connectivity index (χ1) is 8.95. The fourth-order valence-electron chi connectivity index (χ4n) is 1.93. The molecule has 0 atom stereocenters. The van der Waals surface area contributed by atoms with Crippen molar-refractivity contribution in [3.63, 3.8) is 0 Å². The van der Waals surface area contributed by atoms with Crippen LogP contribution in [0.1, 0.15) is 31.2 Å². The van der Waals surface area contributed by atoms with Gasteiger partial charge in [-0.15, -0.1) is 0 Å². The molecule has 0 saturated heterocycles. The standard InChI is InChI=1S/C13H16ClNO3S/c14-19(17,18)12-7-4-10(5-8-12)6-9-13(16)15-11-2-1-3-11/h4-5,7-8,11H,1-3,6,9H2,(H,15,16). The van der Waals surface area contributed by atoms with Crippen molar-refractivity contribution in [2.45, 2.75) is 43.0 Å². The van der Waals surface area contributed by atoms with Gasteiger partial charge in [-0.25, -0.2) is 8.42 Å². The number of carbonyl (C=O) groups is 1. The van der Waals surface area contributed by atoms with Gasteiger partial charge < -0.3 is 5.32 Å². The lowest BCUT2D eigenvalue weighted by molar-refractivity contribution is -0.122. The first-order valence-corrected chi connectivity index (χ1v) is 8.59. The van der Waals surface area contributed by atoms with Gasteiger partial charge in [0, 0.05) is 23.1 Å². The predicted molar refractivity (Wildman–Crippen MR) is 73.6 cm³/mol. The summed E-state index contributed by atoms with van der Waals surface area (Å²) in [5.74, 6) is 0.0544. The van der Waals surface area contributed by atoms with Crippen molar-refractivity contribution in [1.29, 1.82) is 0 Å². The first-order valence-electron chi connectivity index (χ1n) is 6.28. The molecule has 19 heavy (non-hydrogen) atoms. The van der Waals surface area contributed by atoms with Gasteiger partial charge in [-0.05, 0) is 43.4 Å². The monoisotopic (exact) mass is 301 g/mol. The van der Waals surface area contributed by atoms with Gasteiger partial charge in [0.05, 0.1) is 4.90 Å². The lowest BCUT2D eigenvalue weighted by Gasteiger charge is -2.26. The lowest BCUT2D eigenvalue weighted by atomic mass is 9.93. The molecule has 0 aliphatic heterocycles. The number of rotatable bonds is 5. The summed E-state index contributed by atoms with van der Waals surface area (Å²) in [4.78, 5) is 11.7. The van der Waals surface area contributed by atoms with E-state index in [2.05, 4.69) is 5.32 Å². The highest BCUT2D eigenvalue weighted by atomic mass is 35.7. The maximum absolute atomic E-state index is 11.6. The van der Waals surface area contributed by atoms with E-state index in [9.17, 15) is 13.2 Å². The molecule has 0 unspecified atom stereocenters. The second kappa shape index (κ2) is 5.92. The van der Waals surface area contributed by atoms with Gasteiger partial charge in [0.15, 0.2) is 0 Å². The molecule has 4 nitrogen and oxygen atoms in total. The number of nitrogens with one attached hydrogen (secondary N) is 1. The minimum absolute atomic E-state index is 0.0544. The highest BCUT2D eigenvalue weighted by Crippen LogP contribution is 2.18. The Morgan fingerprint density at radius 1 is 1.26 bits per heavy atom. The largest absolute Gasteiger partial charge is 0.353 e. The molecular formula is C13H16ClNO3S. The topological polar surface area (TPSA) is 63.2 Å². The number of benzene rings is 1. The summed E-state index contributed by atoms with van der Waals surface area (Å²) in [5, 5.41) is 2.97. The zero-order chi connectivity index (χ0) is 13.9. The molecule has 6 heteroatoms. The fourth-order valence-corrected chi connectivity index (χ4v) is 2.70. The Morgan fingerprint density at radius 3 is 2.37 bits per heavy atom. The predicted octanol–water partition coefficient (Wildman–Crippen LogP) is 2.22. The average Bonchev–Trinajstić information content (AvgIpc) is 2.31. The molecule has 1 fully saturated rings. The van der Waals surface area contributed by atoms with Crippen LogP contribution in [-0.4, -0.2) is 20.4 Å². The molecule has 1 N–H and O–H groups in total. The summed E-state index contributed by atoms with van der Waals surface area (Å²) in [6, 6.07) is 6.65. The van der Waals surface area contributed by atoms with Gasteiger partial charge in [0.2, 0.25) is 5.91 Å². The lowest BCUT2D eigenvalue weighted by Crippen LogP contribution is -2.39. The van der Waals surface area contributed by atoms with Crippen molar-refractivity contribution in [3.05, 3.63) is 29.8 Å². The van der Waals surface area contributed by atoms with E-state index in [0.29, 0.717) is 18.9 Å². The molecule has 1 amide bonds. The smallest absolute Gasteiger partial charge is 0.261 e. The third kappa shape index (κ3) is 4.21. The van der Waals surface area contributed by atoms with Gasteiger partial charge in [0.1, 0.15) is 0 Å². The van der Waals surface area contributed by atoms with Crippen LogP contribution in [0.3, 0.4) is 0 Å². The maximum Gasteiger partial charge on any atom is 0.261 e. The Balaban J connectivity index is 1.84. The van der Waals surface area contributed by atoms with Crippen molar-refractivity contribution in [2.75, 3.05) is 0 Å². The van der Waals surface area contributed by atoms with Crippen molar-refractivity contribution in [1.82, 2.24) is 5.32 Å². The highest BCUT2D eigenvalue weighted by molar-refractivity contribution is 8.13. The van der Waals surface area contributed by atoms with E-state index < -0.39 is 9.05 Å². The van der Waals surface area contributed by atoms with Crippen molar-refractivity contribution >= 4 is 25.6 Å². The number of amides is 1. The average molecular weight is 302 g/mol. The summed E-state index contributed by atoms with van der Waals surface area (Å²) >= 11 is 0. The molecule has 0 heterocycles. The van der Waals surface area contributed by atoms with Crippen molar-refractivity contribution in [3.8, 4) is 0 Å². The summed E-state index contributed by atoms with van der Waals surface area (Å²) in [5.41, 5.74) is 0.924. The summed E-state index contributed by atoms with van der Waals surface area (Å²) in [6.45, 7) is 0. The SMILES string of the molecule is O=C(CCc1ccc(S(=O)(=O)Cl)cc1)NC1CCC1. The summed E-state index contributed by atoms with van der Waals surface area (Å²) in [7, 11) is 1.56. The van der Waals surface area contributed by atoms with Crippen LogP contribution in [0.2, 0.25) is 0 Å². The van der Waals surface area contributed by atoms with Crippen LogP contribution in [0.15, 0.2) is 29.2 Å². The second-order valence-corrected chi connectivity index (χ2v) is 7.34. The molecule has 2 rings (SSSR count). The Bertz CT molecular complexity index is 550. The van der Waals surface area contributed by atoms with Crippen molar-refractivity contribution in [2.24, 2.45) is 0 Å². The number of carbonyl (C=O) groups excluding carboxylic acids is 1. The fraction of sp³-hybridized carbons (Fsp3) is 0.462. The molecule has 0 radical (unpaired) electrons. The summed E-state index contributed by atoms with van der Waals surface area (Å²) in [6.07, 6.45) is 4.37. The minimum Gasteiger partial charge on any atom is -0.353 e. The van der Waals surface area contributed by atoms with E-state index in [4.69, 9.17) is 10.7 Å². The van der Waals surface area contributed by atoms with Gasteiger partial charge >= 0.3 is 0 Å². The van der Waals surface area contributed by atoms with Crippen LogP contribution in [0.5, 0.6) is 0 Å². The molecule has 1 aliphatic carbocycles. The first kappa shape index (κ1) is 14.3. The molecule has 0 aromatic heterocycles. The quantitative estimate of drug-likeness (QED) is 0.848. The van der Waals surface area contributed by atoms with E-state index in [-0.39, 0.29) is 10.8 Å². The Morgan fingerprint density at radius 2 is 1.89 bits per heavy atom. The van der Waals surface area contributed by atoms with Gasteiger partial charge in [-0.1, -0.05) is 12.1 Å². The Labute approximate surface area is 117 Å². The molecule has 0 spiro atoms. The van der Waals surface area contributed by atoms with E-state index in [1.54, 1.807) is 12.1 Å². The number of halogens is 1. The Hall–Kier alpha value is -1.07. The zero-order valence-electron chi connectivity index (χ0n) is 10.4. The normalized spacial score (nSPS) is 15.8. The zero-order valence-corrected chi connectivity index (χ0v) is 12.0. The summed E-state index contributed by atoms with van der Waals surface area (Å²) < 4.78 is 22.1. The van der Waals surface area contributed by atoms with Crippen LogP contribution >= 0.6 is 10.7 Å². The molecule has 1 aromatic carbocycles. The third-order valence-corrected chi connectivity index (χ3v) is 4.69. The number of hydrogen-bond acceptors (Lipinski definition) is 3. The van der Waals surface area contributed by atoms with E-state index >= 15 is 0 Å². The van der Waals surface area contributed by atoms with E-state index in [0.717, 1.165) is 18.4 Å². The van der Waals surface area contributed by atoms with Gasteiger partial charge in [-0.3, -0.25) is 4.79 Å². The van der Waals surface area contributed by atoms with Crippen LogP contribution < -0.4 is 5.32 Å². The minimum atomic E-state index is -3.67. The molecule has 1 aromatic rings. The molecule has 1 saturated carbocycles. The molecule has 1 aliphatic rings. The van der Waals surface area contributed by atoms with Crippen molar-refractivity contribution < 1.29 is 13.2 Å². The van der Waals surface area contributed by atoms with E-state index in [1.807, 2.05) is 0 Å². The van der Waals surface area contributed by atoms with Gasteiger partial charge in [-0.2, -0.15) is 0 Å². The van der Waals surface area contributed by atoms with Gasteiger partial charge in [0.25, 0.3) is 9.05 Å². The molecule has 104 valence electrons. The highest BCUT2D eigenvalue weighted by Gasteiger charge is 2.19. The van der Waals surface area contributed by atoms with Crippen LogP contribution in [0.25, 0.3) is 0 Å². The van der Waals surface area contributed by atoms with Crippen LogP contribution in [0.4, 0.5) is 0 Å². The second-order valence-electron chi connectivity index (χ2n) is 4.78. The maximum atomic E-state index is 11.6. The Kier molecular flexibility index (Phi) is 4.47. The van der Waals surface area contributed by atoms with Crippen LogP contribution in [0, 0.1) is 0 Å². The van der Waals surface area contributed by atoms with E-state index in [1.165, 1.54) is 18.6 Å². The molecule has 0 bridgehead atoms.